The van der Waals surface area contributed by atoms with E-state index in [2.05, 4.69) is 0 Å². The monoisotopic (exact) mass is 295 g/mol. The smallest absolute Gasteiger partial charge is 0.321 e. The second kappa shape index (κ2) is 9.32. The third kappa shape index (κ3) is 9.03. The van der Waals surface area contributed by atoms with Crippen molar-refractivity contribution in [1.82, 2.24) is 0 Å². The summed E-state index contributed by atoms with van der Waals surface area (Å²) in [5.41, 5.74) is 10.4. The van der Waals surface area contributed by atoms with Gasteiger partial charge in [-0.05, 0) is 0 Å². The molecular formula is C6H12MnN2O4S2. The van der Waals surface area contributed by atoms with Crippen molar-refractivity contribution in [1.29, 1.82) is 0 Å². The molecule has 0 amide bonds. The van der Waals surface area contributed by atoms with E-state index in [4.69, 9.17) is 21.7 Å². The third-order valence-corrected chi connectivity index (χ3v) is 3.69. The van der Waals surface area contributed by atoms with Crippen molar-refractivity contribution in [2.24, 2.45) is 11.5 Å². The average molecular weight is 295 g/mol. The fraction of sp³-hybridized carbons (Fsp3) is 0.667. The van der Waals surface area contributed by atoms with Gasteiger partial charge in [-0.1, -0.05) is 21.6 Å². The quantitative estimate of drug-likeness (QED) is 0.273. The predicted molar refractivity (Wildman–Crippen MR) is 56.1 cm³/mol. The van der Waals surface area contributed by atoms with Crippen molar-refractivity contribution in [3.63, 3.8) is 0 Å². The number of carbonyl (C=O) groups is 2. The van der Waals surface area contributed by atoms with Crippen LogP contribution in [0.2, 0.25) is 0 Å². The number of carboxylic acids is 2. The Morgan fingerprint density at radius 1 is 1.00 bits per heavy atom. The molecule has 0 rings (SSSR count). The van der Waals surface area contributed by atoms with Crippen LogP contribution in [0.5, 0.6) is 0 Å². The number of rotatable bonds is 7. The SMILES string of the molecule is N[C@@H](CSSC[C@H](N)C(=O)O)C(=O)O.[Mn]. The number of hydrogen-bond donors (Lipinski definition) is 4. The van der Waals surface area contributed by atoms with Gasteiger partial charge in [0.05, 0.1) is 0 Å². The number of nitrogens with two attached hydrogens (primary N) is 2. The van der Waals surface area contributed by atoms with Crippen LogP contribution < -0.4 is 11.5 Å². The Labute approximate surface area is 105 Å². The first kappa shape index (κ1) is 17.5. The van der Waals surface area contributed by atoms with E-state index in [1.165, 1.54) is 21.6 Å². The molecule has 0 saturated heterocycles. The van der Waals surface area contributed by atoms with Crippen LogP contribution in [0.15, 0.2) is 0 Å². The topological polar surface area (TPSA) is 127 Å². The molecule has 0 spiro atoms. The molecule has 2 atom stereocenters. The molecule has 6 nitrogen and oxygen atoms in total. The molecule has 0 aromatic heterocycles. The minimum absolute atomic E-state index is 0. The van der Waals surface area contributed by atoms with Crippen molar-refractivity contribution < 1.29 is 36.9 Å². The van der Waals surface area contributed by atoms with Crippen molar-refractivity contribution in [2.45, 2.75) is 12.1 Å². The second-order valence-corrected chi connectivity index (χ2v) is 5.01. The van der Waals surface area contributed by atoms with Gasteiger partial charge in [0.2, 0.25) is 0 Å². The van der Waals surface area contributed by atoms with Gasteiger partial charge in [-0.3, -0.25) is 9.59 Å². The van der Waals surface area contributed by atoms with Gasteiger partial charge in [-0.2, -0.15) is 0 Å². The predicted octanol–water partition coefficient (Wildman–Crippen LogP) is -0.811. The van der Waals surface area contributed by atoms with Gasteiger partial charge in [0, 0.05) is 28.6 Å². The Bertz CT molecular complexity index is 197. The first-order chi connectivity index (χ1) is 6.45. The van der Waals surface area contributed by atoms with Crippen molar-refractivity contribution >= 4 is 33.5 Å². The molecule has 0 saturated carbocycles. The van der Waals surface area contributed by atoms with Crippen LogP contribution in [0.1, 0.15) is 0 Å². The molecule has 0 aliphatic carbocycles. The molecule has 0 aromatic carbocycles. The summed E-state index contributed by atoms with van der Waals surface area (Å²) in [4.78, 5) is 20.5. The van der Waals surface area contributed by atoms with Crippen LogP contribution in [0.3, 0.4) is 0 Å². The molecule has 1 radical (unpaired) electrons. The molecule has 0 bridgehead atoms. The fourth-order valence-corrected chi connectivity index (χ4v) is 2.61. The average Bonchev–Trinajstić information content (AvgIpc) is 2.11. The van der Waals surface area contributed by atoms with E-state index < -0.39 is 24.0 Å². The molecule has 0 aliphatic heterocycles. The zero-order valence-corrected chi connectivity index (χ0v) is 10.4. The van der Waals surface area contributed by atoms with E-state index >= 15 is 0 Å². The maximum atomic E-state index is 10.3. The van der Waals surface area contributed by atoms with E-state index in [-0.39, 0.29) is 28.6 Å². The first-order valence-electron chi connectivity index (χ1n) is 3.66. The minimum Gasteiger partial charge on any atom is -0.480 e. The van der Waals surface area contributed by atoms with Crippen molar-refractivity contribution in [3.8, 4) is 0 Å². The Balaban J connectivity index is 0. The normalized spacial score (nSPS) is 13.7. The van der Waals surface area contributed by atoms with Gasteiger partial charge in [-0.15, -0.1) is 0 Å². The molecule has 0 aliphatic rings. The van der Waals surface area contributed by atoms with E-state index in [1.807, 2.05) is 0 Å². The zero-order valence-electron chi connectivity index (χ0n) is 7.63. The van der Waals surface area contributed by atoms with Crippen molar-refractivity contribution in [2.75, 3.05) is 11.5 Å². The van der Waals surface area contributed by atoms with Crippen LogP contribution in [0.25, 0.3) is 0 Å². The summed E-state index contributed by atoms with van der Waals surface area (Å²) in [7, 11) is 2.41. The third-order valence-electron chi connectivity index (χ3n) is 1.21. The Morgan fingerprint density at radius 2 is 1.27 bits per heavy atom. The van der Waals surface area contributed by atoms with Gasteiger partial charge < -0.3 is 21.7 Å². The Morgan fingerprint density at radius 3 is 1.47 bits per heavy atom. The van der Waals surface area contributed by atoms with Crippen LogP contribution in [-0.4, -0.2) is 45.7 Å². The van der Waals surface area contributed by atoms with Crippen LogP contribution in [0, 0.1) is 0 Å². The molecular weight excluding hydrogens is 283 g/mol. The summed E-state index contributed by atoms with van der Waals surface area (Å²) in [5, 5.41) is 16.8. The molecule has 0 heterocycles. The zero-order chi connectivity index (χ0) is 11.1. The molecule has 0 fully saturated rings. The molecule has 89 valence electrons. The van der Waals surface area contributed by atoms with Crippen LogP contribution in [0.4, 0.5) is 0 Å². The summed E-state index contributed by atoms with van der Waals surface area (Å²) in [6, 6.07) is -1.85. The van der Waals surface area contributed by atoms with E-state index in [9.17, 15) is 9.59 Å². The standard InChI is InChI=1S/C6H12N2O4S2.Mn/c7-3(5(9)10)1-13-14-2-4(8)6(11)12;/h3-4H,1-2,7-8H2,(H,9,10)(H,11,12);/t3-,4-;/m0./s1. The maximum absolute atomic E-state index is 10.3. The molecule has 0 aromatic rings. The van der Waals surface area contributed by atoms with Gasteiger partial charge in [-0.25, -0.2) is 0 Å². The molecule has 9 heteroatoms. The Kier molecular flexibility index (Phi) is 10.9. The summed E-state index contributed by atoms with van der Waals surface area (Å²) in [6.45, 7) is 0. The van der Waals surface area contributed by atoms with Gasteiger partial charge in [0.15, 0.2) is 0 Å². The van der Waals surface area contributed by atoms with E-state index in [0.717, 1.165) is 0 Å². The van der Waals surface area contributed by atoms with E-state index in [1.54, 1.807) is 0 Å². The van der Waals surface area contributed by atoms with Gasteiger partial charge in [0.1, 0.15) is 12.1 Å². The van der Waals surface area contributed by atoms with E-state index in [0.29, 0.717) is 0 Å². The van der Waals surface area contributed by atoms with Gasteiger partial charge >= 0.3 is 11.9 Å². The fourth-order valence-electron chi connectivity index (χ4n) is 0.385. The first-order valence-corrected chi connectivity index (χ1v) is 6.15. The minimum atomic E-state index is -1.07. The largest absolute Gasteiger partial charge is 0.480 e. The second-order valence-electron chi connectivity index (χ2n) is 2.46. The van der Waals surface area contributed by atoms with Crippen molar-refractivity contribution in [3.05, 3.63) is 0 Å². The number of aliphatic carboxylic acids is 2. The van der Waals surface area contributed by atoms with Gasteiger partial charge in [0.25, 0.3) is 0 Å². The number of carboxylic acid groups (broad SMARTS) is 2. The maximum Gasteiger partial charge on any atom is 0.321 e. The van der Waals surface area contributed by atoms with Crippen LogP contribution in [-0.2, 0) is 26.7 Å². The molecule has 6 N–H and O–H groups in total. The Hall–Kier alpha value is 0.0795. The summed E-state index contributed by atoms with van der Waals surface area (Å²) in [5.74, 6) is -1.68. The number of hydrogen-bond acceptors (Lipinski definition) is 6. The summed E-state index contributed by atoms with van der Waals surface area (Å²) < 4.78 is 0. The van der Waals surface area contributed by atoms with Crippen LogP contribution >= 0.6 is 21.6 Å². The molecule has 0 unspecified atom stereocenters. The molecule has 15 heavy (non-hydrogen) atoms. The summed E-state index contributed by atoms with van der Waals surface area (Å²) in [6.07, 6.45) is 0. The summed E-state index contributed by atoms with van der Waals surface area (Å²) >= 11 is 0.